The number of carbonyl (C=O) groups is 1. The highest BCUT2D eigenvalue weighted by molar-refractivity contribution is 9.10. The lowest BCUT2D eigenvalue weighted by Gasteiger charge is -2.36. The summed E-state index contributed by atoms with van der Waals surface area (Å²) in [7, 11) is 0. The number of benzene rings is 2. The molecule has 27 heavy (non-hydrogen) atoms. The SMILES string of the molecule is CCN1CCN(c2ccc(Cl)cc2NC(=O)COc2ccc(Br)cc2)CC1. The summed E-state index contributed by atoms with van der Waals surface area (Å²) in [6.45, 7) is 7.05. The number of halogens is 2. The number of hydrogen-bond acceptors (Lipinski definition) is 4. The first-order valence-corrected chi connectivity index (χ1v) is 10.2. The van der Waals surface area contributed by atoms with Crippen LogP contribution in [-0.4, -0.2) is 50.1 Å². The van der Waals surface area contributed by atoms with Gasteiger partial charge in [0.25, 0.3) is 5.91 Å². The van der Waals surface area contributed by atoms with E-state index < -0.39 is 0 Å². The average Bonchev–Trinajstić information content (AvgIpc) is 2.68. The van der Waals surface area contributed by atoms with E-state index in [2.05, 4.69) is 38.0 Å². The average molecular weight is 453 g/mol. The van der Waals surface area contributed by atoms with Crippen LogP contribution in [0.25, 0.3) is 0 Å². The number of likely N-dealkylation sites (N-methyl/N-ethyl adjacent to an activating group) is 1. The molecule has 0 bridgehead atoms. The van der Waals surface area contributed by atoms with Crippen molar-refractivity contribution in [2.75, 3.05) is 49.5 Å². The molecule has 0 unspecified atom stereocenters. The molecule has 144 valence electrons. The van der Waals surface area contributed by atoms with Crippen molar-refractivity contribution in [2.45, 2.75) is 6.92 Å². The Morgan fingerprint density at radius 1 is 1.15 bits per heavy atom. The highest BCUT2D eigenvalue weighted by Crippen LogP contribution is 2.30. The van der Waals surface area contributed by atoms with Gasteiger partial charge in [-0.2, -0.15) is 0 Å². The van der Waals surface area contributed by atoms with Crippen LogP contribution in [0.15, 0.2) is 46.9 Å². The van der Waals surface area contributed by atoms with E-state index in [4.69, 9.17) is 16.3 Å². The number of amides is 1. The molecule has 2 aromatic rings. The zero-order chi connectivity index (χ0) is 19.2. The van der Waals surface area contributed by atoms with Crippen molar-refractivity contribution in [1.29, 1.82) is 0 Å². The standard InChI is InChI=1S/C20H23BrClN3O2/c1-2-24-9-11-25(12-10-24)19-8-5-16(22)13-18(19)23-20(26)14-27-17-6-3-15(21)4-7-17/h3-8,13H,2,9-12,14H2,1H3,(H,23,26). The van der Waals surface area contributed by atoms with Gasteiger partial charge in [0.15, 0.2) is 6.61 Å². The van der Waals surface area contributed by atoms with Gasteiger partial charge in [0.2, 0.25) is 0 Å². The minimum absolute atomic E-state index is 0.0583. The molecule has 1 heterocycles. The number of rotatable bonds is 6. The van der Waals surface area contributed by atoms with Crippen molar-refractivity contribution in [2.24, 2.45) is 0 Å². The Morgan fingerprint density at radius 3 is 2.52 bits per heavy atom. The first-order valence-electron chi connectivity index (χ1n) is 9.00. The molecule has 1 amide bonds. The van der Waals surface area contributed by atoms with E-state index in [1.807, 2.05) is 36.4 Å². The fourth-order valence-electron chi connectivity index (χ4n) is 3.06. The fourth-order valence-corrected chi connectivity index (χ4v) is 3.49. The Labute approximate surface area is 173 Å². The quantitative estimate of drug-likeness (QED) is 0.711. The van der Waals surface area contributed by atoms with Crippen LogP contribution in [0, 0.1) is 0 Å². The number of hydrogen-bond donors (Lipinski definition) is 1. The van der Waals surface area contributed by atoms with Gasteiger partial charge in [-0.3, -0.25) is 4.79 Å². The maximum absolute atomic E-state index is 12.4. The molecule has 0 radical (unpaired) electrons. The minimum atomic E-state index is -0.214. The van der Waals surface area contributed by atoms with Crippen LogP contribution in [-0.2, 0) is 4.79 Å². The van der Waals surface area contributed by atoms with Crippen LogP contribution in [0.2, 0.25) is 5.02 Å². The monoisotopic (exact) mass is 451 g/mol. The Bertz CT molecular complexity index is 777. The molecule has 1 fully saturated rings. The van der Waals surface area contributed by atoms with Gasteiger partial charge in [0.05, 0.1) is 11.4 Å². The second kappa shape index (κ2) is 9.44. The van der Waals surface area contributed by atoms with E-state index >= 15 is 0 Å². The van der Waals surface area contributed by atoms with Crippen molar-refractivity contribution < 1.29 is 9.53 Å². The van der Waals surface area contributed by atoms with Crippen LogP contribution in [0.1, 0.15) is 6.92 Å². The molecule has 0 aromatic heterocycles. The molecule has 0 saturated carbocycles. The van der Waals surface area contributed by atoms with Gasteiger partial charge >= 0.3 is 0 Å². The molecule has 7 heteroatoms. The molecule has 1 aliphatic heterocycles. The van der Waals surface area contributed by atoms with Crippen LogP contribution in [0.5, 0.6) is 5.75 Å². The summed E-state index contributed by atoms with van der Waals surface area (Å²) in [5, 5.41) is 3.54. The molecule has 1 saturated heterocycles. The zero-order valence-electron chi connectivity index (χ0n) is 15.3. The highest BCUT2D eigenvalue weighted by atomic mass is 79.9. The third-order valence-corrected chi connectivity index (χ3v) is 5.34. The summed E-state index contributed by atoms with van der Waals surface area (Å²) in [5.74, 6) is 0.434. The van der Waals surface area contributed by atoms with Crippen molar-refractivity contribution in [1.82, 2.24) is 4.90 Å². The van der Waals surface area contributed by atoms with Gasteiger partial charge in [-0.15, -0.1) is 0 Å². The molecule has 0 aliphatic carbocycles. The number of nitrogens with one attached hydrogen (secondary N) is 1. The van der Waals surface area contributed by atoms with E-state index in [9.17, 15) is 4.79 Å². The Morgan fingerprint density at radius 2 is 1.85 bits per heavy atom. The topological polar surface area (TPSA) is 44.8 Å². The molecule has 1 N–H and O–H groups in total. The maximum atomic E-state index is 12.4. The fraction of sp³-hybridized carbons (Fsp3) is 0.350. The number of piperazine rings is 1. The van der Waals surface area contributed by atoms with Gasteiger partial charge in [-0.25, -0.2) is 0 Å². The highest BCUT2D eigenvalue weighted by Gasteiger charge is 2.19. The summed E-state index contributed by atoms with van der Waals surface area (Å²) in [6.07, 6.45) is 0. The van der Waals surface area contributed by atoms with Crippen molar-refractivity contribution in [3.05, 3.63) is 52.0 Å². The predicted octanol–water partition coefficient (Wildman–Crippen LogP) is 4.26. The first-order chi connectivity index (χ1) is 13.0. The number of nitrogens with zero attached hydrogens (tertiary/aromatic N) is 2. The molecule has 0 spiro atoms. The second-order valence-corrected chi connectivity index (χ2v) is 7.73. The number of carbonyl (C=O) groups excluding carboxylic acids is 1. The van der Waals surface area contributed by atoms with Crippen LogP contribution in [0.3, 0.4) is 0 Å². The van der Waals surface area contributed by atoms with Gasteiger partial charge in [-0.1, -0.05) is 34.5 Å². The van der Waals surface area contributed by atoms with Gasteiger partial charge in [0, 0.05) is 35.7 Å². The smallest absolute Gasteiger partial charge is 0.262 e. The van der Waals surface area contributed by atoms with Gasteiger partial charge in [0.1, 0.15) is 5.75 Å². The van der Waals surface area contributed by atoms with E-state index in [0.717, 1.165) is 48.6 Å². The van der Waals surface area contributed by atoms with E-state index in [1.54, 1.807) is 6.07 Å². The maximum Gasteiger partial charge on any atom is 0.262 e. The largest absolute Gasteiger partial charge is 0.484 e. The summed E-state index contributed by atoms with van der Waals surface area (Å²) in [4.78, 5) is 17.1. The summed E-state index contributed by atoms with van der Waals surface area (Å²) >= 11 is 9.53. The van der Waals surface area contributed by atoms with Crippen LogP contribution in [0.4, 0.5) is 11.4 Å². The molecular formula is C20H23BrClN3O2. The van der Waals surface area contributed by atoms with Gasteiger partial charge < -0.3 is 19.9 Å². The zero-order valence-corrected chi connectivity index (χ0v) is 17.6. The molecule has 5 nitrogen and oxygen atoms in total. The van der Waals surface area contributed by atoms with Crippen molar-refractivity contribution in [3.8, 4) is 5.75 Å². The molecule has 3 rings (SSSR count). The van der Waals surface area contributed by atoms with Crippen molar-refractivity contribution in [3.63, 3.8) is 0 Å². The normalized spacial score (nSPS) is 14.9. The van der Waals surface area contributed by atoms with Gasteiger partial charge in [-0.05, 0) is 49.0 Å². The van der Waals surface area contributed by atoms with Crippen molar-refractivity contribution >= 4 is 44.8 Å². The Balaban J connectivity index is 1.64. The summed E-state index contributed by atoms with van der Waals surface area (Å²) in [5.41, 5.74) is 1.71. The first kappa shape index (κ1) is 20.0. The Hall–Kier alpha value is -1.76. The second-order valence-electron chi connectivity index (χ2n) is 6.37. The lowest BCUT2D eigenvalue weighted by Crippen LogP contribution is -2.46. The molecule has 0 atom stereocenters. The summed E-state index contributed by atoms with van der Waals surface area (Å²) in [6, 6.07) is 13.0. The minimum Gasteiger partial charge on any atom is -0.484 e. The molecular weight excluding hydrogens is 430 g/mol. The lowest BCUT2D eigenvalue weighted by atomic mass is 10.2. The molecule has 2 aromatic carbocycles. The lowest BCUT2D eigenvalue weighted by molar-refractivity contribution is -0.118. The van der Waals surface area contributed by atoms with Crippen LogP contribution >= 0.6 is 27.5 Å². The summed E-state index contributed by atoms with van der Waals surface area (Å²) < 4.78 is 6.52. The van der Waals surface area contributed by atoms with E-state index in [1.165, 1.54) is 0 Å². The van der Waals surface area contributed by atoms with E-state index in [-0.39, 0.29) is 12.5 Å². The van der Waals surface area contributed by atoms with E-state index in [0.29, 0.717) is 10.8 Å². The number of ether oxygens (including phenoxy) is 1. The van der Waals surface area contributed by atoms with Crippen LogP contribution < -0.4 is 15.0 Å². The number of anilines is 2. The third-order valence-electron chi connectivity index (χ3n) is 4.58. The Kier molecular flexibility index (Phi) is 6.99. The molecule has 1 aliphatic rings. The predicted molar refractivity (Wildman–Crippen MR) is 114 cm³/mol. The third kappa shape index (κ3) is 5.61.